The van der Waals surface area contributed by atoms with Gasteiger partial charge in [-0.05, 0) is 26.0 Å². The van der Waals surface area contributed by atoms with Crippen molar-refractivity contribution in [1.29, 1.82) is 0 Å². The summed E-state index contributed by atoms with van der Waals surface area (Å²) < 4.78 is 0. The molecule has 0 saturated heterocycles. The summed E-state index contributed by atoms with van der Waals surface area (Å²) in [6.45, 7) is 5.52. The van der Waals surface area contributed by atoms with E-state index in [-0.39, 0.29) is 0 Å². The van der Waals surface area contributed by atoms with Gasteiger partial charge in [-0.3, -0.25) is 4.98 Å². The van der Waals surface area contributed by atoms with Gasteiger partial charge in [0.1, 0.15) is 0 Å². The van der Waals surface area contributed by atoms with Crippen LogP contribution in [0.15, 0.2) is 12.1 Å². The highest BCUT2D eigenvalue weighted by Crippen LogP contribution is 2.06. The molecule has 0 unspecified atom stereocenters. The molecule has 47 valence electrons. The van der Waals surface area contributed by atoms with Crippen molar-refractivity contribution in [2.24, 2.45) is 0 Å². The molecule has 2 N–H and O–H groups in total. The Kier molecular flexibility index (Phi) is 1.39. The van der Waals surface area contributed by atoms with Crippen LogP contribution in [0.4, 0.5) is 5.69 Å². The van der Waals surface area contributed by atoms with E-state index < -0.39 is 0 Å². The second-order valence-electron chi connectivity index (χ2n) is 1.98. The van der Waals surface area contributed by atoms with Crippen molar-refractivity contribution >= 4 is 5.69 Å². The third-order valence-corrected chi connectivity index (χ3v) is 1.18. The Hall–Kier alpha value is -1.05. The minimum Gasteiger partial charge on any atom is -0.397 e. The van der Waals surface area contributed by atoms with Gasteiger partial charge in [0.2, 0.25) is 0 Å². The van der Waals surface area contributed by atoms with Gasteiger partial charge in [-0.15, -0.1) is 0 Å². The number of aromatic nitrogens is 1. The summed E-state index contributed by atoms with van der Waals surface area (Å²) in [5.74, 6) is 0. The van der Waals surface area contributed by atoms with Gasteiger partial charge < -0.3 is 5.73 Å². The first-order chi connectivity index (χ1) is 4.20. The lowest BCUT2D eigenvalue weighted by atomic mass is 10.3. The molecular formula is C7H9N2. The molecule has 2 nitrogen and oxygen atoms in total. The van der Waals surface area contributed by atoms with Crippen LogP contribution in [0.3, 0.4) is 0 Å². The molecule has 0 spiro atoms. The lowest BCUT2D eigenvalue weighted by Gasteiger charge is -1.97. The highest BCUT2D eigenvalue weighted by Gasteiger charge is 1.91. The highest BCUT2D eigenvalue weighted by molar-refractivity contribution is 5.42. The van der Waals surface area contributed by atoms with Crippen LogP contribution in [0.1, 0.15) is 11.4 Å². The van der Waals surface area contributed by atoms with Gasteiger partial charge in [0.15, 0.2) is 0 Å². The minimum atomic E-state index is 0.724. The van der Waals surface area contributed by atoms with Crippen LogP contribution in [0.5, 0.6) is 0 Å². The number of aryl methyl sites for hydroxylation is 1. The monoisotopic (exact) mass is 121 g/mol. The first-order valence-corrected chi connectivity index (χ1v) is 2.75. The van der Waals surface area contributed by atoms with Crippen LogP contribution >= 0.6 is 0 Å². The van der Waals surface area contributed by atoms with E-state index in [0.29, 0.717) is 0 Å². The molecule has 9 heavy (non-hydrogen) atoms. The van der Waals surface area contributed by atoms with Crippen molar-refractivity contribution in [3.63, 3.8) is 0 Å². The minimum absolute atomic E-state index is 0.724. The van der Waals surface area contributed by atoms with Gasteiger partial charge >= 0.3 is 0 Å². The van der Waals surface area contributed by atoms with Crippen molar-refractivity contribution in [2.75, 3.05) is 5.73 Å². The zero-order valence-corrected chi connectivity index (χ0v) is 5.39. The van der Waals surface area contributed by atoms with Gasteiger partial charge in [-0.1, -0.05) is 0 Å². The second-order valence-corrected chi connectivity index (χ2v) is 1.98. The molecule has 0 aromatic carbocycles. The maximum Gasteiger partial charge on any atom is 0.0604 e. The third kappa shape index (κ3) is 1.19. The fraction of sp³-hybridized carbons (Fsp3) is 0.143. The Balaban J connectivity index is 3.17. The van der Waals surface area contributed by atoms with Crippen LogP contribution in [0.25, 0.3) is 0 Å². The Labute approximate surface area is 54.7 Å². The standard InChI is InChI=1S/C7H9N2/c1-5-3-4-7(8)6(2)9-5/h3-4H,1,8H2,2H3. The molecule has 1 aromatic heterocycles. The van der Waals surface area contributed by atoms with E-state index in [2.05, 4.69) is 11.9 Å². The molecule has 1 rings (SSSR count). The van der Waals surface area contributed by atoms with E-state index in [0.717, 1.165) is 17.1 Å². The quantitative estimate of drug-likeness (QED) is 0.559. The van der Waals surface area contributed by atoms with E-state index >= 15 is 0 Å². The summed E-state index contributed by atoms with van der Waals surface area (Å²) in [6, 6.07) is 3.60. The van der Waals surface area contributed by atoms with Crippen LogP contribution < -0.4 is 5.73 Å². The summed E-state index contributed by atoms with van der Waals surface area (Å²) in [7, 11) is 0. The number of anilines is 1. The molecule has 2 heteroatoms. The number of nitrogens with zero attached hydrogens (tertiary/aromatic N) is 1. The normalized spacial score (nSPS) is 9.56. The zero-order chi connectivity index (χ0) is 6.85. The molecule has 0 fully saturated rings. The molecule has 0 saturated carbocycles. The molecule has 0 amide bonds. The summed E-state index contributed by atoms with van der Waals surface area (Å²) in [4.78, 5) is 4.04. The fourth-order valence-corrected chi connectivity index (χ4v) is 0.624. The molecule has 0 aliphatic rings. The fourth-order valence-electron chi connectivity index (χ4n) is 0.624. The number of nitrogens with two attached hydrogens (primary N) is 1. The van der Waals surface area contributed by atoms with Crippen molar-refractivity contribution in [2.45, 2.75) is 6.92 Å². The van der Waals surface area contributed by atoms with E-state index in [4.69, 9.17) is 5.73 Å². The molecule has 1 aromatic rings. The first kappa shape index (κ1) is 6.08. The Morgan fingerprint density at radius 1 is 1.56 bits per heavy atom. The molecule has 0 aliphatic carbocycles. The van der Waals surface area contributed by atoms with E-state index in [9.17, 15) is 0 Å². The van der Waals surface area contributed by atoms with Crippen LogP contribution in [0.2, 0.25) is 0 Å². The summed E-state index contributed by atoms with van der Waals surface area (Å²) in [6.07, 6.45) is 0. The largest absolute Gasteiger partial charge is 0.397 e. The van der Waals surface area contributed by atoms with Gasteiger partial charge in [0, 0.05) is 5.69 Å². The number of pyridine rings is 1. The average Bonchev–Trinajstić information content (AvgIpc) is 1.80. The highest BCUT2D eigenvalue weighted by atomic mass is 14.7. The summed E-state index contributed by atoms with van der Waals surface area (Å²) in [5, 5.41) is 0. The Morgan fingerprint density at radius 3 is 2.67 bits per heavy atom. The average molecular weight is 121 g/mol. The predicted molar refractivity (Wildman–Crippen MR) is 37.8 cm³/mol. The Morgan fingerprint density at radius 2 is 2.22 bits per heavy atom. The summed E-state index contributed by atoms with van der Waals surface area (Å²) >= 11 is 0. The van der Waals surface area contributed by atoms with Crippen molar-refractivity contribution in [1.82, 2.24) is 4.98 Å². The van der Waals surface area contributed by atoms with Crippen LogP contribution in [-0.2, 0) is 0 Å². The third-order valence-electron chi connectivity index (χ3n) is 1.18. The SMILES string of the molecule is [CH2]c1ccc(N)c(C)n1. The van der Waals surface area contributed by atoms with Gasteiger partial charge in [-0.25, -0.2) is 0 Å². The van der Waals surface area contributed by atoms with Crippen LogP contribution in [-0.4, -0.2) is 4.98 Å². The second kappa shape index (κ2) is 2.05. The van der Waals surface area contributed by atoms with Gasteiger partial charge in [0.25, 0.3) is 0 Å². The van der Waals surface area contributed by atoms with Gasteiger partial charge in [-0.2, -0.15) is 0 Å². The number of hydrogen-bond donors (Lipinski definition) is 1. The van der Waals surface area contributed by atoms with Gasteiger partial charge in [0.05, 0.1) is 11.4 Å². The van der Waals surface area contributed by atoms with Crippen molar-refractivity contribution in [3.05, 3.63) is 30.4 Å². The maximum atomic E-state index is 5.50. The lowest BCUT2D eigenvalue weighted by Crippen LogP contribution is -1.93. The molecule has 0 aliphatic heterocycles. The van der Waals surface area contributed by atoms with Crippen molar-refractivity contribution in [3.8, 4) is 0 Å². The number of hydrogen-bond acceptors (Lipinski definition) is 2. The predicted octanol–water partition coefficient (Wildman–Crippen LogP) is 1.15. The number of nitrogen functional groups attached to an aromatic ring is 1. The maximum absolute atomic E-state index is 5.50. The smallest absolute Gasteiger partial charge is 0.0604 e. The molecule has 0 atom stereocenters. The van der Waals surface area contributed by atoms with E-state index in [1.165, 1.54) is 0 Å². The van der Waals surface area contributed by atoms with E-state index in [1.54, 1.807) is 6.07 Å². The molecule has 0 bridgehead atoms. The molecule has 1 heterocycles. The first-order valence-electron chi connectivity index (χ1n) is 2.75. The Bertz CT molecular complexity index is 218. The lowest BCUT2D eigenvalue weighted by molar-refractivity contribution is 1.17. The molecular weight excluding hydrogens is 112 g/mol. The van der Waals surface area contributed by atoms with Crippen LogP contribution in [0, 0.1) is 13.8 Å². The number of rotatable bonds is 0. The summed E-state index contributed by atoms with van der Waals surface area (Å²) in [5.41, 5.74) is 7.84. The van der Waals surface area contributed by atoms with E-state index in [1.807, 2.05) is 13.0 Å². The topological polar surface area (TPSA) is 38.9 Å². The van der Waals surface area contributed by atoms with Crippen molar-refractivity contribution < 1.29 is 0 Å². The zero-order valence-electron chi connectivity index (χ0n) is 5.39. The molecule has 1 radical (unpaired) electrons.